The molecule has 2 aromatic rings. The lowest BCUT2D eigenvalue weighted by molar-refractivity contribution is 0.0794. The molecule has 26 heavy (non-hydrogen) atoms. The van der Waals surface area contributed by atoms with Gasteiger partial charge >= 0.3 is 0 Å². The molecule has 5 nitrogen and oxygen atoms in total. The third-order valence-electron chi connectivity index (χ3n) is 4.37. The fourth-order valence-electron chi connectivity index (χ4n) is 3.01. The molecule has 0 aliphatic carbocycles. The number of hydrogen-bond acceptors (Lipinski definition) is 3. The van der Waals surface area contributed by atoms with Crippen LogP contribution in [0.15, 0.2) is 48.5 Å². The van der Waals surface area contributed by atoms with Gasteiger partial charge in [0.05, 0.1) is 17.9 Å². The zero-order valence-corrected chi connectivity index (χ0v) is 15.0. The molecule has 0 spiro atoms. The van der Waals surface area contributed by atoms with Crippen molar-refractivity contribution in [3.63, 3.8) is 0 Å². The van der Waals surface area contributed by atoms with E-state index >= 15 is 0 Å². The van der Waals surface area contributed by atoms with Crippen LogP contribution in [0.3, 0.4) is 0 Å². The highest BCUT2D eigenvalue weighted by Crippen LogP contribution is 2.21. The fourth-order valence-corrected chi connectivity index (χ4v) is 3.01. The minimum absolute atomic E-state index is 0.0292. The highest BCUT2D eigenvalue weighted by molar-refractivity contribution is 6.09. The summed E-state index contributed by atoms with van der Waals surface area (Å²) in [5.41, 5.74) is 1.57. The van der Waals surface area contributed by atoms with E-state index < -0.39 is 0 Å². The standard InChI is InChI=1S/C21H24N2O3/c1-2-14-26-17-9-7-8-16(15-17)20(24)22-19-11-4-3-10-18(19)21(25)23-12-5-6-13-23/h3-4,7-11,15H,2,5-6,12-14H2,1H3,(H,22,24). The lowest BCUT2D eigenvalue weighted by Gasteiger charge is -2.18. The van der Waals surface area contributed by atoms with Gasteiger partial charge in [0.25, 0.3) is 11.8 Å². The number of ether oxygens (including phenoxy) is 1. The van der Waals surface area contributed by atoms with Gasteiger partial charge in [0.15, 0.2) is 0 Å². The van der Waals surface area contributed by atoms with Crippen LogP contribution in [-0.2, 0) is 0 Å². The number of anilines is 1. The number of hydrogen-bond donors (Lipinski definition) is 1. The average Bonchev–Trinajstić information content (AvgIpc) is 3.21. The average molecular weight is 352 g/mol. The Hall–Kier alpha value is -2.82. The summed E-state index contributed by atoms with van der Waals surface area (Å²) in [6.07, 6.45) is 2.97. The monoisotopic (exact) mass is 352 g/mol. The van der Waals surface area contributed by atoms with Crippen molar-refractivity contribution in [3.8, 4) is 5.75 Å². The Balaban J connectivity index is 1.76. The number of carbonyl (C=O) groups excluding carboxylic acids is 2. The highest BCUT2D eigenvalue weighted by atomic mass is 16.5. The smallest absolute Gasteiger partial charge is 0.255 e. The predicted molar refractivity (Wildman–Crippen MR) is 102 cm³/mol. The Morgan fingerprint density at radius 1 is 1.08 bits per heavy atom. The fraction of sp³-hybridized carbons (Fsp3) is 0.333. The minimum Gasteiger partial charge on any atom is -0.494 e. The Labute approximate surface area is 154 Å². The Morgan fingerprint density at radius 2 is 1.85 bits per heavy atom. The lowest BCUT2D eigenvalue weighted by Crippen LogP contribution is -2.28. The van der Waals surface area contributed by atoms with E-state index in [1.807, 2.05) is 30.0 Å². The van der Waals surface area contributed by atoms with Gasteiger partial charge in [-0.15, -0.1) is 0 Å². The van der Waals surface area contributed by atoms with Crippen molar-refractivity contribution in [2.45, 2.75) is 26.2 Å². The van der Waals surface area contributed by atoms with Crippen LogP contribution < -0.4 is 10.1 Å². The molecule has 0 unspecified atom stereocenters. The third kappa shape index (κ3) is 4.23. The van der Waals surface area contributed by atoms with Crippen LogP contribution in [0.25, 0.3) is 0 Å². The summed E-state index contributed by atoms with van der Waals surface area (Å²) in [7, 11) is 0. The quantitative estimate of drug-likeness (QED) is 0.856. The molecule has 0 saturated carbocycles. The van der Waals surface area contributed by atoms with Crippen LogP contribution in [0.5, 0.6) is 5.75 Å². The maximum Gasteiger partial charge on any atom is 0.255 e. The van der Waals surface area contributed by atoms with Crippen molar-refractivity contribution in [1.82, 2.24) is 4.90 Å². The summed E-state index contributed by atoms with van der Waals surface area (Å²) < 4.78 is 5.58. The molecule has 1 saturated heterocycles. The number of para-hydroxylation sites is 1. The molecule has 1 N–H and O–H groups in total. The Morgan fingerprint density at radius 3 is 2.62 bits per heavy atom. The summed E-state index contributed by atoms with van der Waals surface area (Å²) in [6, 6.07) is 14.2. The third-order valence-corrected chi connectivity index (χ3v) is 4.37. The second-order valence-corrected chi connectivity index (χ2v) is 6.38. The number of nitrogens with one attached hydrogen (secondary N) is 1. The molecule has 1 fully saturated rings. The molecule has 0 bridgehead atoms. The first-order valence-corrected chi connectivity index (χ1v) is 9.11. The van der Waals surface area contributed by atoms with Crippen LogP contribution in [-0.4, -0.2) is 36.4 Å². The van der Waals surface area contributed by atoms with Crippen molar-refractivity contribution in [1.29, 1.82) is 0 Å². The number of carbonyl (C=O) groups is 2. The second-order valence-electron chi connectivity index (χ2n) is 6.38. The molecule has 0 radical (unpaired) electrons. The number of amides is 2. The molecule has 1 aliphatic heterocycles. The van der Waals surface area contributed by atoms with Crippen LogP contribution in [0, 0.1) is 0 Å². The Bertz CT molecular complexity index is 782. The lowest BCUT2D eigenvalue weighted by atomic mass is 10.1. The summed E-state index contributed by atoms with van der Waals surface area (Å²) in [5, 5.41) is 2.87. The first kappa shape index (κ1) is 18.0. The van der Waals surface area contributed by atoms with E-state index in [-0.39, 0.29) is 11.8 Å². The molecule has 2 amide bonds. The second kappa shape index (κ2) is 8.52. The van der Waals surface area contributed by atoms with Crippen LogP contribution in [0.1, 0.15) is 46.9 Å². The van der Waals surface area contributed by atoms with Crippen LogP contribution in [0.4, 0.5) is 5.69 Å². The van der Waals surface area contributed by atoms with Crippen molar-refractivity contribution in [2.24, 2.45) is 0 Å². The molecule has 1 heterocycles. The van der Waals surface area contributed by atoms with Crippen molar-refractivity contribution in [2.75, 3.05) is 25.0 Å². The number of rotatable bonds is 6. The minimum atomic E-state index is -0.256. The van der Waals surface area contributed by atoms with Gasteiger partial charge in [-0.2, -0.15) is 0 Å². The topological polar surface area (TPSA) is 58.6 Å². The van der Waals surface area contributed by atoms with E-state index in [0.717, 1.165) is 32.4 Å². The van der Waals surface area contributed by atoms with Gasteiger partial charge in [-0.1, -0.05) is 25.1 Å². The molecular formula is C21H24N2O3. The van der Waals surface area contributed by atoms with E-state index in [1.165, 1.54) is 0 Å². The van der Waals surface area contributed by atoms with Gasteiger partial charge in [-0.05, 0) is 49.6 Å². The van der Waals surface area contributed by atoms with E-state index in [4.69, 9.17) is 4.74 Å². The van der Waals surface area contributed by atoms with Gasteiger partial charge in [-0.25, -0.2) is 0 Å². The predicted octanol–water partition coefficient (Wildman–Crippen LogP) is 3.96. The largest absolute Gasteiger partial charge is 0.494 e. The molecule has 3 rings (SSSR count). The van der Waals surface area contributed by atoms with Crippen LogP contribution >= 0.6 is 0 Å². The summed E-state index contributed by atoms with van der Waals surface area (Å²) >= 11 is 0. The number of nitrogens with zero attached hydrogens (tertiary/aromatic N) is 1. The van der Waals surface area contributed by atoms with Crippen LogP contribution in [0.2, 0.25) is 0 Å². The summed E-state index contributed by atoms with van der Waals surface area (Å²) in [5.74, 6) is 0.382. The zero-order chi connectivity index (χ0) is 18.4. The SMILES string of the molecule is CCCOc1cccc(C(=O)Nc2ccccc2C(=O)N2CCCC2)c1. The normalized spacial score (nSPS) is 13.5. The summed E-state index contributed by atoms with van der Waals surface area (Å²) in [4.78, 5) is 27.2. The van der Waals surface area contributed by atoms with E-state index in [9.17, 15) is 9.59 Å². The van der Waals surface area contributed by atoms with Gasteiger partial charge in [0.2, 0.25) is 0 Å². The molecule has 1 aliphatic rings. The maximum absolute atomic E-state index is 12.7. The molecule has 2 aromatic carbocycles. The first-order valence-electron chi connectivity index (χ1n) is 9.11. The van der Waals surface area contributed by atoms with E-state index in [0.29, 0.717) is 29.2 Å². The van der Waals surface area contributed by atoms with Gasteiger partial charge in [0, 0.05) is 18.7 Å². The Kier molecular flexibility index (Phi) is 5.89. The number of likely N-dealkylation sites (tertiary alicyclic amines) is 1. The highest BCUT2D eigenvalue weighted by Gasteiger charge is 2.22. The molecule has 136 valence electrons. The van der Waals surface area contributed by atoms with Crippen molar-refractivity contribution < 1.29 is 14.3 Å². The van der Waals surface area contributed by atoms with Gasteiger partial charge in [0.1, 0.15) is 5.75 Å². The zero-order valence-electron chi connectivity index (χ0n) is 15.0. The molecular weight excluding hydrogens is 328 g/mol. The summed E-state index contributed by atoms with van der Waals surface area (Å²) in [6.45, 7) is 4.19. The van der Waals surface area contributed by atoms with Crippen molar-refractivity contribution >= 4 is 17.5 Å². The number of benzene rings is 2. The van der Waals surface area contributed by atoms with Gasteiger partial charge < -0.3 is 15.0 Å². The maximum atomic E-state index is 12.7. The molecule has 0 aromatic heterocycles. The van der Waals surface area contributed by atoms with E-state index in [1.54, 1.807) is 30.3 Å². The molecule has 0 atom stereocenters. The van der Waals surface area contributed by atoms with E-state index in [2.05, 4.69) is 5.32 Å². The first-order chi connectivity index (χ1) is 12.7. The van der Waals surface area contributed by atoms with Gasteiger partial charge in [-0.3, -0.25) is 9.59 Å². The molecule has 5 heteroatoms. The van der Waals surface area contributed by atoms with Crippen molar-refractivity contribution in [3.05, 3.63) is 59.7 Å².